The molecule has 7 nitrogen and oxygen atoms in total. The third kappa shape index (κ3) is 3.82. The Morgan fingerprint density at radius 1 is 1.10 bits per heavy atom. The molecule has 1 atom stereocenters. The average Bonchev–Trinajstić information content (AvgIpc) is 3.47. The molecule has 0 saturated carbocycles. The second-order valence-corrected chi connectivity index (χ2v) is 7.01. The van der Waals surface area contributed by atoms with Crippen molar-refractivity contribution in [2.24, 2.45) is 5.73 Å². The molecule has 1 unspecified atom stereocenters. The number of tetrazole rings is 1. The zero-order valence-corrected chi connectivity index (χ0v) is 16.5. The van der Waals surface area contributed by atoms with Gasteiger partial charge >= 0.3 is 0 Å². The number of benzene rings is 2. The van der Waals surface area contributed by atoms with Gasteiger partial charge in [0.15, 0.2) is 0 Å². The predicted octanol–water partition coefficient (Wildman–Crippen LogP) is 3.69. The summed E-state index contributed by atoms with van der Waals surface area (Å²) in [6.07, 6.45) is 6.44. The van der Waals surface area contributed by atoms with E-state index in [0.29, 0.717) is 12.4 Å². The zero-order valence-electron chi connectivity index (χ0n) is 16.5. The standard InChI is InChI=1S/C22H25N7/c1-2-6-19(21-24-13-14-25-21)17-10-9-16(15-7-4-3-5-8-15)20(18(17)11-12-23)22-26-28-29-27-22/h3-5,7-10,13-14,19H,2,6,11-12,23H2,1H3,(H,24,25)(H,26,27,28,29). The molecule has 0 aliphatic rings. The lowest BCUT2D eigenvalue weighted by Crippen LogP contribution is -2.13. The van der Waals surface area contributed by atoms with Crippen molar-refractivity contribution in [1.82, 2.24) is 30.6 Å². The van der Waals surface area contributed by atoms with Crippen molar-refractivity contribution < 1.29 is 0 Å². The van der Waals surface area contributed by atoms with Crippen LogP contribution in [0.5, 0.6) is 0 Å². The molecule has 4 aromatic rings. The molecule has 4 N–H and O–H groups in total. The van der Waals surface area contributed by atoms with Crippen LogP contribution in [0.3, 0.4) is 0 Å². The van der Waals surface area contributed by atoms with Crippen LogP contribution in [-0.2, 0) is 6.42 Å². The highest BCUT2D eigenvalue weighted by Crippen LogP contribution is 2.39. The molecule has 4 rings (SSSR count). The molecule has 2 aromatic heterocycles. The number of hydrogen-bond donors (Lipinski definition) is 3. The Hall–Kier alpha value is -3.32. The maximum absolute atomic E-state index is 6.05. The molecule has 0 saturated heterocycles. The SMILES string of the molecule is CCCC(c1ncc[nH]1)c1ccc(-c2ccccc2)c(-c2nn[nH]n2)c1CCN. The minimum atomic E-state index is 0.159. The van der Waals surface area contributed by atoms with Crippen LogP contribution >= 0.6 is 0 Å². The second-order valence-electron chi connectivity index (χ2n) is 7.01. The van der Waals surface area contributed by atoms with E-state index in [-0.39, 0.29) is 5.92 Å². The number of nitrogens with zero attached hydrogens (tertiary/aromatic N) is 4. The molecule has 0 bridgehead atoms. The number of H-pyrrole nitrogens is 2. The van der Waals surface area contributed by atoms with Gasteiger partial charge in [-0.25, -0.2) is 4.98 Å². The van der Waals surface area contributed by atoms with E-state index in [2.05, 4.69) is 61.8 Å². The predicted molar refractivity (Wildman–Crippen MR) is 113 cm³/mol. The Balaban J connectivity index is 1.97. The van der Waals surface area contributed by atoms with E-state index in [1.54, 1.807) is 6.20 Å². The maximum atomic E-state index is 6.05. The van der Waals surface area contributed by atoms with Crippen LogP contribution in [0.4, 0.5) is 0 Å². The highest BCUT2D eigenvalue weighted by molar-refractivity contribution is 5.84. The summed E-state index contributed by atoms with van der Waals surface area (Å²) in [4.78, 5) is 7.85. The van der Waals surface area contributed by atoms with E-state index in [4.69, 9.17) is 5.73 Å². The molecule has 2 aromatic carbocycles. The van der Waals surface area contributed by atoms with Crippen molar-refractivity contribution in [3.63, 3.8) is 0 Å². The first-order chi connectivity index (χ1) is 14.3. The molecular weight excluding hydrogens is 362 g/mol. The number of nitrogens with one attached hydrogen (secondary N) is 2. The summed E-state index contributed by atoms with van der Waals surface area (Å²) >= 11 is 0. The van der Waals surface area contributed by atoms with Crippen molar-refractivity contribution in [2.45, 2.75) is 32.1 Å². The molecule has 0 amide bonds. The number of hydrogen-bond acceptors (Lipinski definition) is 5. The highest BCUT2D eigenvalue weighted by atomic mass is 15.5. The topological polar surface area (TPSA) is 109 Å². The second kappa shape index (κ2) is 8.79. The largest absolute Gasteiger partial charge is 0.348 e. The van der Waals surface area contributed by atoms with Gasteiger partial charge in [0.25, 0.3) is 0 Å². The van der Waals surface area contributed by atoms with Crippen molar-refractivity contribution in [3.05, 3.63) is 71.8 Å². The van der Waals surface area contributed by atoms with Crippen LogP contribution < -0.4 is 5.73 Å². The summed E-state index contributed by atoms with van der Waals surface area (Å²) < 4.78 is 0. The summed E-state index contributed by atoms with van der Waals surface area (Å²) in [6.45, 7) is 2.73. The van der Waals surface area contributed by atoms with E-state index in [9.17, 15) is 0 Å². The molecule has 0 aliphatic carbocycles. The van der Waals surface area contributed by atoms with E-state index in [1.807, 2.05) is 24.4 Å². The van der Waals surface area contributed by atoms with Gasteiger partial charge in [-0.3, -0.25) is 0 Å². The Kier molecular flexibility index (Phi) is 5.76. The lowest BCUT2D eigenvalue weighted by Gasteiger charge is -2.22. The molecule has 0 fully saturated rings. The number of rotatable bonds is 8. The van der Waals surface area contributed by atoms with Crippen molar-refractivity contribution in [2.75, 3.05) is 6.54 Å². The molecular formula is C22H25N7. The van der Waals surface area contributed by atoms with Crippen molar-refractivity contribution >= 4 is 0 Å². The van der Waals surface area contributed by atoms with Gasteiger partial charge in [0, 0.05) is 23.9 Å². The van der Waals surface area contributed by atoms with Gasteiger partial charge in [-0.2, -0.15) is 5.21 Å². The van der Waals surface area contributed by atoms with E-state index in [1.165, 1.54) is 5.56 Å². The van der Waals surface area contributed by atoms with Crippen LogP contribution in [-0.4, -0.2) is 37.1 Å². The summed E-state index contributed by atoms with van der Waals surface area (Å²) in [5.41, 5.74) is 11.6. The van der Waals surface area contributed by atoms with Gasteiger partial charge in [0.05, 0.1) is 0 Å². The first-order valence-corrected chi connectivity index (χ1v) is 9.97. The molecule has 0 spiro atoms. The summed E-state index contributed by atoms with van der Waals surface area (Å²) in [5.74, 6) is 1.72. The fourth-order valence-electron chi connectivity index (χ4n) is 3.98. The summed E-state index contributed by atoms with van der Waals surface area (Å²) in [7, 11) is 0. The fraction of sp³-hybridized carbons (Fsp3) is 0.273. The van der Waals surface area contributed by atoms with Gasteiger partial charge in [-0.1, -0.05) is 55.8 Å². The van der Waals surface area contributed by atoms with E-state index < -0.39 is 0 Å². The Morgan fingerprint density at radius 3 is 2.62 bits per heavy atom. The summed E-state index contributed by atoms with van der Waals surface area (Å²) in [5, 5.41) is 15.0. The number of aromatic amines is 2. The summed E-state index contributed by atoms with van der Waals surface area (Å²) in [6, 6.07) is 14.6. The quantitative estimate of drug-likeness (QED) is 0.427. The van der Waals surface area contributed by atoms with Gasteiger partial charge in [-0.15, -0.1) is 10.2 Å². The van der Waals surface area contributed by atoms with Gasteiger partial charge in [0.2, 0.25) is 5.82 Å². The number of aromatic nitrogens is 6. The Labute approximate surface area is 169 Å². The molecule has 0 aliphatic heterocycles. The normalized spacial score (nSPS) is 12.2. The molecule has 0 radical (unpaired) electrons. The van der Waals surface area contributed by atoms with Crippen LogP contribution in [0, 0.1) is 0 Å². The lowest BCUT2D eigenvalue weighted by atomic mass is 9.83. The van der Waals surface area contributed by atoms with Crippen LogP contribution in [0.1, 0.15) is 42.6 Å². The molecule has 2 heterocycles. The molecule has 148 valence electrons. The number of imidazole rings is 1. The Bertz CT molecular complexity index is 1020. The van der Waals surface area contributed by atoms with Crippen molar-refractivity contribution in [3.8, 4) is 22.5 Å². The molecule has 29 heavy (non-hydrogen) atoms. The first kappa shape index (κ1) is 19.0. The highest BCUT2D eigenvalue weighted by Gasteiger charge is 2.25. The zero-order chi connectivity index (χ0) is 20.1. The van der Waals surface area contributed by atoms with Crippen LogP contribution in [0.15, 0.2) is 54.9 Å². The minimum Gasteiger partial charge on any atom is -0.348 e. The monoisotopic (exact) mass is 387 g/mol. The maximum Gasteiger partial charge on any atom is 0.205 e. The third-order valence-corrected chi connectivity index (χ3v) is 5.20. The van der Waals surface area contributed by atoms with E-state index >= 15 is 0 Å². The first-order valence-electron chi connectivity index (χ1n) is 9.97. The molecule has 7 heteroatoms. The van der Waals surface area contributed by atoms with Gasteiger partial charge in [0.1, 0.15) is 5.82 Å². The fourth-order valence-corrected chi connectivity index (χ4v) is 3.98. The van der Waals surface area contributed by atoms with Crippen molar-refractivity contribution in [1.29, 1.82) is 0 Å². The van der Waals surface area contributed by atoms with Gasteiger partial charge < -0.3 is 10.7 Å². The lowest BCUT2D eigenvalue weighted by molar-refractivity contribution is 0.659. The smallest absolute Gasteiger partial charge is 0.205 e. The van der Waals surface area contributed by atoms with Crippen LogP contribution in [0.25, 0.3) is 22.5 Å². The minimum absolute atomic E-state index is 0.159. The van der Waals surface area contributed by atoms with Crippen LogP contribution in [0.2, 0.25) is 0 Å². The third-order valence-electron chi connectivity index (χ3n) is 5.20. The van der Waals surface area contributed by atoms with E-state index in [0.717, 1.165) is 47.3 Å². The average molecular weight is 387 g/mol. The van der Waals surface area contributed by atoms with Gasteiger partial charge in [-0.05, 0) is 46.9 Å². The Morgan fingerprint density at radius 2 is 1.97 bits per heavy atom. The number of nitrogens with two attached hydrogens (primary N) is 1.